The third-order valence-electron chi connectivity index (χ3n) is 1.79. The van der Waals surface area contributed by atoms with Crippen LogP contribution in [0.1, 0.15) is 23.1 Å². The van der Waals surface area contributed by atoms with Crippen molar-refractivity contribution in [3.8, 4) is 17.9 Å². The van der Waals surface area contributed by atoms with E-state index in [0.29, 0.717) is 18.5 Å². The zero-order valence-electron chi connectivity index (χ0n) is 8.17. The number of hydrogen-bond acceptors (Lipinski definition) is 2. The minimum atomic E-state index is 0.556. The van der Waals surface area contributed by atoms with Gasteiger partial charge in [0.25, 0.3) is 0 Å². The van der Waals surface area contributed by atoms with E-state index in [-0.39, 0.29) is 0 Å². The van der Waals surface area contributed by atoms with Gasteiger partial charge in [0.1, 0.15) is 6.07 Å². The molecule has 2 heteroatoms. The molecule has 0 aliphatic carbocycles. The molecule has 0 atom stereocenters. The van der Waals surface area contributed by atoms with Crippen LogP contribution in [-0.4, -0.2) is 6.54 Å². The summed E-state index contributed by atoms with van der Waals surface area (Å²) < 4.78 is 0. The molecule has 0 saturated carbocycles. The second-order valence-electron chi connectivity index (χ2n) is 3.00. The standard InChI is InChI=1S/C12H12N2/c1-10-5-6-11(4-2-3-7-13)12(8-10)9-14/h5-6,8H,3,7,13H2,1H3. The largest absolute Gasteiger partial charge is 0.330 e. The molecule has 0 amide bonds. The maximum Gasteiger partial charge on any atom is 0.100 e. The summed E-state index contributed by atoms with van der Waals surface area (Å²) in [5.41, 5.74) is 7.81. The molecule has 2 nitrogen and oxygen atoms in total. The van der Waals surface area contributed by atoms with Crippen LogP contribution in [0.5, 0.6) is 0 Å². The van der Waals surface area contributed by atoms with Gasteiger partial charge in [-0.3, -0.25) is 0 Å². The van der Waals surface area contributed by atoms with Gasteiger partial charge in [-0.05, 0) is 24.6 Å². The lowest BCUT2D eigenvalue weighted by Gasteiger charge is -1.96. The predicted molar refractivity (Wildman–Crippen MR) is 56.4 cm³/mol. The fourth-order valence-corrected chi connectivity index (χ4v) is 1.09. The highest BCUT2D eigenvalue weighted by Gasteiger charge is 1.97. The Kier molecular flexibility index (Phi) is 3.73. The van der Waals surface area contributed by atoms with Gasteiger partial charge in [0.05, 0.1) is 5.56 Å². The van der Waals surface area contributed by atoms with Crippen LogP contribution in [0.3, 0.4) is 0 Å². The smallest absolute Gasteiger partial charge is 0.100 e. The van der Waals surface area contributed by atoms with Crippen molar-refractivity contribution < 1.29 is 0 Å². The number of benzene rings is 1. The van der Waals surface area contributed by atoms with Gasteiger partial charge in [0.15, 0.2) is 0 Å². The first-order valence-corrected chi connectivity index (χ1v) is 4.47. The van der Waals surface area contributed by atoms with Crippen LogP contribution in [0.4, 0.5) is 0 Å². The maximum absolute atomic E-state index is 8.86. The van der Waals surface area contributed by atoms with E-state index in [1.807, 2.05) is 25.1 Å². The number of hydrogen-bond donors (Lipinski definition) is 1. The Hall–Kier alpha value is -1.77. The first-order valence-electron chi connectivity index (χ1n) is 4.47. The summed E-state index contributed by atoms with van der Waals surface area (Å²) in [7, 11) is 0. The Balaban J connectivity index is 3.00. The molecule has 2 N–H and O–H groups in total. The quantitative estimate of drug-likeness (QED) is 0.673. The summed E-state index contributed by atoms with van der Waals surface area (Å²) in [5, 5.41) is 8.86. The molecule has 0 unspecified atom stereocenters. The Bertz CT molecular complexity index is 416. The molecule has 0 bridgehead atoms. The molecule has 0 aliphatic rings. The molecule has 14 heavy (non-hydrogen) atoms. The lowest BCUT2D eigenvalue weighted by atomic mass is 10.1. The fourth-order valence-electron chi connectivity index (χ4n) is 1.09. The van der Waals surface area contributed by atoms with Crippen molar-refractivity contribution in [1.29, 1.82) is 5.26 Å². The molecule has 0 aliphatic heterocycles. The highest BCUT2D eigenvalue weighted by atomic mass is 14.5. The van der Waals surface area contributed by atoms with Gasteiger partial charge in [-0.1, -0.05) is 17.9 Å². The zero-order valence-corrected chi connectivity index (χ0v) is 8.17. The van der Waals surface area contributed by atoms with Crippen LogP contribution in [0.2, 0.25) is 0 Å². The zero-order chi connectivity index (χ0) is 10.4. The average molecular weight is 184 g/mol. The lowest BCUT2D eigenvalue weighted by Crippen LogP contribution is -1.95. The number of aryl methyl sites for hydroxylation is 1. The summed E-state index contributed by atoms with van der Waals surface area (Å²) in [6.45, 7) is 2.51. The van der Waals surface area contributed by atoms with Crippen LogP contribution in [0, 0.1) is 30.1 Å². The normalized spacial score (nSPS) is 8.64. The Morgan fingerprint density at radius 2 is 2.14 bits per heavy atom. The molecule has 0 aromatic heterocycles. The van der Waals surface area contributed by atoms with Gasteiger partial charge in [0.2, 0.25) is 0 Å². The van der Waals surface area contributed by atoms with E-state index in [4.69, 9.17) is 11.0 Å². The SMILES string of the molecule is Cc1ccc(C#CCCN)c(C#N)c1. The van der Waals surface area contributed by atoms with E-state index in [9.17, 15) is 0 Å². The summed E-state index contributed by atoms with van der Waals surface area (Å²) in [6, 6.07) is 7.79. The topological polar surface area (TPSA) is 49.8 Å². The summed E-state index contributed by atoms with van der Waals surface area (Å²) in [4.78, 5) is 0. The van der Waals surface area contributed by atoms with E-state index in [1.54, 1.807) is 0 Å². The van der Waals surface area contributed by atoms with Crippen molar-refractivity contribution in [2.75, 3.05) is 6.54 Å². The predicted octanol–water partition coefficient (Wildman–Crippen LogP) is 1.57. The van der Waals surface area contributed by atoms with Crippen molar-refractivity contribution in [2.24, 2.45) is 5.73 Å². The second-order valence-corrected chi connectivity index (χ2v) is 3.00. The van der Waals surface area contributed by atoms with Crippen LogP contribution in [0.25, 0.3) is 0 Å². The van der Waals surface area contributed by atoms with Crippen LogP contribution < -0.4 is 5.73 Å². The fraction of sp³-hybridized carbons (Fsp3) is 0.250. The van der Waals surface area contributed by atoms with Crippen molar-refractivity contribution in [3.05, 3.63) is 34.9 Å². The minimum Gasteiger partial charge on any atom is -0.330 e. The molecule has 0 saturated heterocycles. The van der Waals surface area contributed by atoms with Crippen LogP contribution in [-0.2, 0) is 0 Å². The third-order valence-corrected chi connectivity index (χ3v) is 1.79. The van der Waals surface area contributed by atoms with Crippen molar-refractivity contribution in [2.45, 2.75) is 13.3 Å². The number of nitrogens with two attached hydrogens (primary N) is 1. The Labute approximate surface area is 84.4 Å². The highest BCUT2D eigenvalue weighted by molar-refractivity contribution is 5.49. The van der Waals surface area contributed by atoms with E-state index < -0.39 is 0 Å². The van der Waals surface area contributed by atoms with E-state index in [1.165, 1.54) is 0 Å². The Morgan fingerprint density at radius 1 is 1.36 bits per heavy atom. The summed E-state index contributed by atoms with van der Waals surface area (Å²) in [5.74, 6) is 5.86. The molecule has 0 radical (unpaired) electrons. The monoisotopic (exact) mass is 184 g/mol. The van der Waals surface area contributed by atoms with E-state index in [2.05, 4.69) is 17.9 Å². The minimum absolute atomic E-state index is 0.556. The van der Waals surface area contributed by atoms with Crippen LogP contribution >= 0.6 is 0 Å². The molecule has 1 rings (SSSR count). The van der Waals surface area contributed by atoms with Crippen molar-refractivity contribution in [1.82, 2.24) is 0 Å². The van der Waals surface area contributed by atoms with E-state index >= 15 is 0 Å². The Morgan fingerprint density at radius 3 is 2.79 bits per heavy atom. The van der Waals surface area contributed by atoms with Gasteiger partial charge in [-0.15, -0.1) is 0 Å². The van der Waals surface area contributed by atoms with E-state index in [0.717, 1.165) is 11.1 Å². The molecular formula is C12H12N2. The molecule has 0 heterocycles. The maximum atomic E-state index is 8.86. The number of nitrogens with zero attached hydrogens (tertiary/aromatic N) is 1. The molecule has 70 valence electrons. The summed E-state index contributed by atoms with van der Waals surface area (Å²) >= 11 is 0. The van der Waals surface area contributed by atoms with Gasteiger partial charge < -0.3 is 5.73 Å². The van der Waals surface area contributed by atoms with Crippen molar-refractivity contribution in [3.63, 3.8) is 0 Å². The number of nitriles is 1. The van der Waals surface area contributed by atoms with Gasteiger partial charge in [-0.2, -0.15) is 5.26 Å². The molecule has 0 spiro atoms. The lowest BCUT2D eigenvalue weighted by molar-refractivity contribution is 1.03. The third kappa shape index (κ3) is 2.62. The average Bonchev–Trinajstić information content (AvgIpc) is 2.20. The van der Waals surface area contributed by atoms with Crippen LogP contribution in [0.15, 0.2) is 18.2 Å². The molecular weight excluding hydrogens is 172 g/mol. The highest BCUT2D eigenvalue weighted by Crippen LogP contribution is 2.09. The van der Waals surface area contributed by atoms with Gasteiger partial charge >= 0.3 is 0 Å². The first-order chi connectivity index (χ1) is 6.77. The number of rotatable bonds is 1. The van der Waals surface area contributed by atoms with Gasteiger partial charge in [0, 0.05) is 18.5 Å². The molecule has 1 aromatic carbocycles. The second kappa shape index (κ2) is 5.07. The first kappa shape index (κ1) is 10.3. The van der Waals surface area contributed by atoms with Crippen molar-refractivity contribution >= 4 is 0 Å². The molecule has 0 fully saturated rings. The summed E-state index contributed by atoms with van der Waals surface area (Å²) in [6.07, 6.45) is 0.665. The molecule has 1 aromatic rings. The van der Waals surface area contributed by atoms with Gasteiger partial charge in [-0.25, -0.2) is 0 Å².